The van der Waals surface area contributed by atoms with E-state index in [1.807, 2.05) is 51.1 Å². The smallest absolute Gasteiger partial charge is 0.239 e. The second-order valence-corrected chi connectivity index (χ2v) is 9.03. The molecule has 2 fully saturated rings. The first-order chi connectivity index (χ1) is 13.7. The monoisotopic (exact) mass is 409 g/mol. The average Bonchev–Trinajstić information content (AvgIpc) is 2.96. The number of nitrogens with one attached hydrogen (secondary N) is 2. The predicted molar refractivity (Wildman–Crippen MR) is 116 cm³/mol. The number of carbonyl (C=O) groups excluding carboxylic acids is 2. The Hall–Kier alpha value is -2.66. The van der Waals surface area contributed by atoms with Crippen molar-refractivity contribution in [3.8, 4) is 0 Å². The molecule has 2 aliphatic rings. The average molecular weight is 410 g/mol. The summed E-state index contributed by atoms with van der Waals surface area (Å²) < 4.78 is 0. The predicted octanol–water partition coefficient (Wildman–Crippen LogP) is 5.14. The molecule has 2 aliphatic carbocycles. The number of hydrazone groups is 1. The van der Waals surface area contributed by atoms with Gasteiger partial charge in [0.05, 0.1) is 5.69 Å². The van der Waals surface area contributed by atoms with Crippen molar-refractivity contribution in [3.05, 3.63) is 59.6 Å². The maximum absolute atomic E-state index is 13.6. The van der Waals surface area contributed by atoms with Crippen LogP contribution in [-0.2, 0) is 9.59 Å². The lowest BCUT2D eigenvalue weighted by Crippen LogP contribution is -2.47. The third-order valence-corrected chi connectivity index (χ3v) is 7.35. The Balaban J connectivity index is 1.70. The van der Waals surface area contributed by atoms with E-state index in [1.165, 1.54) is 0 Å². The fraction of sp³-hybridized carbons (Fsp3) is 0.348. The van der Waals surface area contributed by atoms with Gasteiger partial charge in [-0.2, -0.15) is 5.10 Å². The topological polar surface area (TPSA) is 70.6 Å². The zero-order valence-corrected chi connectivity index (χ0v) is 17.5. The van der Waals surface area contributed by atoms with Crippen molar-refractivity contribution in [2.24, 2.45) is 21.3 Å². The van der Waals surface area contributed by atoms with Crippen molar-refractivity contribution < 1.29 is 9.59 Å². The highest BCUT2D eigenvalue weighted by molar-refractivity contribution is 6.51. The van der Waals surface area contributed by atoms with Crippen LogP contribution in [0.2, 0.25) is 5.02 Å². The Morgan fingerprint density at radius 3 is 2.38 bits per heavy atom. The van der Waals surface area contributed by atoms with Crippen LogP contribution >= 0.6 is 11.6 Å². The minimum absolute atomic E-state index is 0.195. The molecule has 0 spiro atoms. The molecular weight excluding hydrogens is 386 g/mol. The molecular formula is C23H24ClN3O2. The van der Waals surface area contributed by atoms with E-state index in [-0.39, 0.29) is 11.7 Å². The Morgan fingerprint density at radius 1 is 1.00 bits per heavy atom. The second-order valence-electron chi connectivity index (χ2n) is 8.59. The molecule has 2 aromatic carbocycles. The summed E-state index contributed by atoms with van der Waals surface area (Å²) in [7, 11) is 0. The van der Waals surface area contributed by atoms with Gasteiger partial charge in [-0.05, 0) is 48.6 Å². The van der Waals surface area contributed by atoms with E-state index in [2.05, 4.69) is 15.8 Å². The molecule has 0 saturated heterocycles. The van der Waals surface area contributed by atoms with Gasteiger partial charge in [0.1, 0.15) is 11.1 Å². The number of fused-ring (bicyclic) bond motifs is 2. The summed E-state index contributed by atoms with van der Waals surface area (Å²) in [5.74, 6) is -0.484. The minimum atomic E-state index is -1.15. The third kappa shape index (κ3) is 2.71. The molecule has 29 heavy (non-hydrogen) atoms. The van der Waals surface area contributed by atoms with E-state index in [9.17, 15) is 9.59 Å². The van der Waals surface area contributed by atoms with Gasteiger partial charge in [-0.3, -0.25) is 15.0 Å². The highest BCUT2D eigenvalue weighted by atomic mass is 35.5. The van der Waals surface area contributed by atoms with Crippen molar-refractivity contribution in [1.82, 2.24) is 0 Å². The van der Waals surface area contributed by atoms with Crippen LogP contribution in [0.1, 0.15) is 33.6 Å². The first-order valence-corrected chi connectivity index (χ1v) is 10.1. The highest BCUT2D eigenvalue weighted by Crippen LogP contribution is 2.69. The Bertz CT molecular complexity index is 1020. The van der Waals surface area contributed by atoms with Crippen molar-refractivity contribution in [2.45, 2.75) is 33.6 Å². The zero-order chi connectivity index (χ0) is 20.9. The van der Waals surface area contributed by atoms with Gasteiger partial charge in [-0.15, -0.1) is 0 Å². The molecule has 5 nitrogen and oxygen atoms in total. The van der Waals surface area contributed by atoms with Gasteiger partial charge >= 0.3 is 0 Å². The number of para-hydroxylation sites is 1. The van der Waals surface area contributed by atoms with Crippen LogP contribution in [0.5, 0.6) is 0 Å². The van der Waals surface area contributed by atoms with E-state index in [0.717, 1.165) is 12.1 Å². The van der Waals surface area contributed by atoms with Crippen LogP contribution < -0.4 is 10.7 Å². The molecule has 2 unspecified atom stereocenters. The van der Waals surface area contributed by atoms with Crippen LogP contribution in [0.4, 0.5) is 11.4 Å². The number of hydrogen-bond acceptors (Lipinski definition) is 4. The molecule has 0 aliphatic heterocycles. The maximum atomic E-state index is 13.6. The quantitative estimate of drug-likeness (QED) is 0.542. The number of hydrogen-bond donors (Lipinski definition) is 2. The zero-order valence-electron chi connectivity index (χ0n) is 16.8. The molecule has 0 radical (unpaired) electrons. The van der Waals surface area contributed by atoms with E-state index in [1.54, 1.807) is 24.3 Å². The van der Waals surface area contributed by atoms with E-state index in [4.69, 9.17) is 11.6 Å². The number of Topliss-reactive ketones (excluding diaryl/α,β-unsaturated/α-hetero) is 1. The van der Waals surface area contributed by atoms with Gasteiger partial charge in [0, 0.05) is 16.1 Å². The lowest BCUT2D eigenvalue weighted by atomic mass is 9.64. The summed E-state index contributed by atoms with van der Waals surface area (Å²) >= 11 is 6.05. The molecule has 2 atom stereocenters. The lowest BCUT2D eigenvalue weighted by molar-refractivity contribution is -0.139. The number of halogens is 1. The number of ketones is 1. The molecule has 150 valence electrons. The minimum Gasteiger partial charge on any atom is -0.325 e. The van der Waals surface area contributed by atoms with Crippen LogP contribution in [0.15, 0.2) is 59.7 Å². The Labute approximate surface area is 175 Å². The number of carbonyl (C=O) groups is 2. The summed E-state index contributed by atoms with van der Waals surface area (Å²) in [5.41, 5.74) is 2.61. The molecule has 2 saturated carbocycles. The first kappa shape index (κ1) is 19.6. The van der Waals surface area contributed by atoms with Gasteiger partial charge in [0.15, 0.2) is 5.78 Å². The van der Waals surface area contributed by atoms with Gasteiger partial charge in [-0.25, -0.2) is 0 Å². The summed E-state index contributed by atoms with van der Waals surface area (Å²) in [6.45, 7) is 6.04. The van der Waals surface area contributed by atoms with Gasteiger partial charge < -0.3 is 5.32 Å². The molecule has 4 rings (SSSR count). The molecule has 6 heteroatoms. The molecule has 1 amide bonds. The Kier molecular flexibility index (Phi) is 4.54. The fourth-order valence-corrected chi connectivity index (χ4v) is 5.10. The lowest BCUT2D eigenvalue weighted by Gasteiger charge is -2.37. The summed E-state index contributed by atoms with van der Waals surface area (Å²) in [6.07, 6.45) is 1.23. The highest BCUT2D eigenvalue weighted by Gasteiger charge is 2.76. The van der Waals surface area contributed by atoms with Crippen molar-refractivity contribution in [2.75, 3.05) is 10.7 Å². The molecule has 0 heterocycles. The number of nitrogens with zero attached hydrogens (tertiary/aromatic N) is 1. The van der Waals surface area contributed by atoms with Crippen LogP contribution in [-0.4, -0.2) is 17.4 Å². The second kappa shape index (κ2) is 6.70. The van der Waals surface area contributed by atoms with Gasteiger partial charge in [0.25, 0.3) is 0 Å². The van der Waals surface area contributed by atoms with Crippen molar-refractivity contribution in [3.63, 3.8) is 0 Å². The number of amides is 1. The number of rotatable bonds is 4. The largest absolute Gasteiger partial charge is 0.325 e. The summed E-state index contributed by atoms with van der Waals surface area (Å²) in [4.78, 5) is 27.0. The van der Waals surface area contributed by atoms with Crippen molar-refractivity contribution >= 4 is 40.4 Å². The van der Waals surface area contributed by atoms with Gasteiger partial charge in [0.2, 0.25) is 5.91 Å². The van der Waals surface area contributed by atoms with E-state index < -0.39 is 16.2 Å². The first-order valence-electron chi connectivity index (χ1n) is 9.73. The molecule has 2 aromatic rings. The van der Waals surface area contributed by atoms with Crippen LogP contribution in [0, 0.1) is 16.2 Å². The molecule has 2 bridgehead atoms. The summed E-state index contributed by atoms with van der Waals surface area (Å²) in [6, 6.07) is 16.5. The van der Waals surface area contributed by atoms with Crippen molar-refractivity contribution in [1.29, 1.82) is 0 Å². The van der Waals surface area contributed by atoms with Crippen LogP contribution in [0.25, 0.3) is 0 Å². The van der Waals surface area contributed by atoms with Crippen LogP contribution in [0.3, 0.4) is 0 Å². The number of anilines is 2. The van der Waals surface area contributed by atoms with Gasteiger partial charge in [-0.1, -0.05) is 56.6 Å². The Morgan fingerprint density at radius 2 is 1.69 bits per heavy atom. The maximum Gasteiger partial charge on any atom is 0.239 e. The fourth-order valence-electron chi connectivity index (χ4n) is 4.91. The number of benzene rings is 2. The standard InChI is InChI=1S/C23H24ClN3O2/c1-21(2)22(3)12-13-23(21,20(29)25-17-11-7-8-15(24)14-17)19(28)18(22)27-26-16-9-5-4-6-10-16/h4-11,14,26H,12-13H2,1-3H3,(H,25,29). The SMILES string of the molecule is CC12CCC(C(=O)Nc3cccc(Cl)c3)(C(=O)C1=NNc1ccccc1)C2(C)C. The third-order valence-electron chi connectivity index (χ3n) is 7.11. The van der Waals surface area contributed by atoms with E-state index in [0.29, 0.717) is 22.8 Å². The normalized spacial score (nSPS) is 28.6. The summed E-state index contributed by atoms with van der Waals surface area (Å²) in [5, 5.41) is 7.94. The molecule has 2 N–H and O–H groups in total. The molecule has 0 aromatic heterocycles. The van der Waals surface area contributed by atoms with E-state index >= 15 is 0 Å².